The van der Waals surface area contributed by atoms with Crippen molar-refractivity contribution in [2.45, 2.75) is 26.2 Å². The first-order chi connectivity index (χ1) is 10.1. The second-order valence-corrected chi connectivity index (χ2v) is 6.81. The molecule has 0 bridgehead atoms. The molecule has 4 nitrogen and oxygen atoms in total. The van der Waals surface area contributed by atoms with Crippen LogP contribution >= 0.6 is 24.0 Å². The molecule has 0 radical (unpaired) electrons. The van der Waals surface area contributed by atoms with Crippen LogP contribution in [-0.4, -0.2) is 23.3 Å². The molecule has 0 atom stereocenters. The van der Waals surface area contributed by atoms with Gasteiger partial charge in [-0.2, -0.15) is 12.6 Å². The van der Waals surface area contributed by atoms with Gasteiger partial charge in [-0.05, 0) is 49.1 Å². The van der Waals surface area contributed by atoms with E-state index in [0.717, 1.165) is 34.6 Å². The summed E-state index contributed by atoms with van der Waals surface area (Å²) in [5.41, 5.74) is 1.01. The van der Waals surface area contributed by atoms with Gasteiger partial charge in [-0.3, -0.25) is 4.79 Å². The third kappa shape index (κ3) is 3.32. The Balaban J connectivity index is 1.70. The van der Waals surface area contributed by atoms with E-state index in [1.807, 2.05) is 25.1 Å². The largest absolute Gasteiger partial charge is 0.494 e. The standard InChI is InChI=1S/C15H18N2O2S2/c1-2-19-10-3-4-11-12(7-10)21-14(16-11)17-13(18)8-15(9-20)5-6-15/h3-4,7,20H,2,5-6,8-9H2,1H3,(H,16,17,18). The summed E-state index contributed by atoms with van der Waals surface area (Å²) in [6.45, 7) is 2.59. The van der Waals surface area contributed by atoms with E-state index in [-0.39, 0.29) is 11.3 Å². The van der Waals surface area contributed by atoms with Gasteiger partial charge in [0.05, 0.1) is 16.8 Å². The van der Waals surface area contributed by atoms with Gasteiger partial charge in [0, 0.05) is 6.42 Å². The number of carbonyl (C=O) groups excluding carboxylic acids is 1. The van der Waals surface area contributed by atoms with Gasteiger partial charge in [-0.25, -0.2) is 4.98 Å². The molecule has 0 unspecified atom stereocenters. The molecule has 1 aliphatic rings. The van der Waals surface area contributed by atoms with Crippen molar-refractivity contribution in [2.24, 2.45) is 5.41 Å². The van der Waals surface area contributed by atoms with E-state index in [1.165, 1.54) is 11.3 Å². The summed E-state index contributed by atoms with van der Waals surface area (Å²) in [5, 5.41) is 3.56. The third-order valence-electron chi connectivity index (χ3n) is 3.75. The summed E-state index contributed by atoms with van der Waals surface area (Å²) < 4.78 is 6.50. The molecule has 0 aliphatic heterocycles. The molecule has 1 aromatic carbocycles. The molecule has 0 spiro atoms. The highest BCUT2D eigenvalue weighted by atomic mass is 32.1. The van der Waals surface area contributed by atoms with Crippen LogP contribution in [0.25, 0.3) is 10.2 Å². The lowest BCUT2D eigenvalue weighted by Crippen LogP contribution is -2.18. The Morgan fingerprint density at radius 3 is 3.00 bits per heavy atom. The predicted octanol–water partition coefficient (Wildman–Crippen LogP) is 3.73. The van der Waals surface area contributed by atoms with E-state index < -0.39 is 0 Å². The first kappa shape index (κ1) is 14.7. The first-order valence-electron chi connectivity index (χ1n) is 7.08. The minimum atomic E-state index is 0.0330. The number of hydrogen-bond acceptors (Lipinski definition) is 5. The smallest absolute Gasteiger partial charge is 0.226 e. The molecule has 2 aromatic rings. The quantitative estimate of drug-likeness (QED) is 0.797. The average Bonchev–Trinajstić information content (AvgIpc) is 3.11. The summed E-state index contributed by atoms with van der Waals surface area (Å²) in [6.07, 6.45) is 2.74. The van der Waals surface area contributed by atoms with Crippen molar-refractivity contribution in [1.29, 1.82) is 0 Å². The summed E-state index contributed by atoms with van der Waals surface area (Å²) in [4.78, 5) is 16.5. The number of hydrogen-bond donors (Lipinski definition) is 2. The van der Waals surface area contributed by atoms with Crippen molar-refractivity contribution in [1.82, 2.24) is 4.98 Å². The molecule has 112 valence electrons. The number of aromatic nitrogens is 1. The van der Waals surface area contributed by atoms with Crippen LogP contribution in [0.5, 0.6) is 5.75 Å². The molecule has 1 aromatic heterocycles. The van der Waals surface area contributed by atoms with Crippen molar-refractivity contribution in [3.63, 3.8) is 0 Å². The van der Waals surface area contributed by atoms with Crippen LogP contribution in [0.15, 0.2) is 18.2 Å². The number of rotatable bonds is 6. The van der Waals surface area contributed by atoms with Crippen LogP contribution < -0.4 is 10.1 Å². The number of ether oxygens (including phenoxy) is 1. The molecule has 21 heavy (non-hydrogen) atoms. The predicted molar refractivity (Wildman–Crippen MR) is 89.6 cm³/mol. The highest BCUT2D eigenvalue weighted by Crippen LogP contribution is 2.49. The Bertz CT molecular complexity index is 665. The second-order valence-electron chi connectivity index (χ2n) is 5.46. The van der Waals surface area contributed by atoms with E-state index in [9.17, 15) is 4.79 Å². The Kier molecular flexibility index (Phi) is 4.08. The fourth-order valence-corrected chi connectivity index (χ4v) is 3.63. The molecule has 3 rings (SSSR count). The lowest BCUT2D eigenvalue weighted by atomic mass is 10.1. The molecule has 1 saturated carbocycles. The number of nitrogens with one attached hydrogen (secondary N) is 1. The average molecular weight is 322 g/mol. The summed E-state index contributed by atoms with van der Waals surface area (Å²) in [7, 11) is 0. The highest BCUT2D eigenvalue weighted by molar-refractivity contribution is 7.80. The van der Waals surface area contributed by atoms with E-state index in [2.05, 4.69) is 22.9 Å². The Morgan fingerprint density at radius 2 is 2.33 bits per heavy atom. The van der Waals surface area contributed by atoms with Crippen molar-refractivity contribution in [3.05, 3.63) is 18.2 Å². The van der Waals surface area contributed by atoms with Crippen LogP contribution in [0.3, 0.4) is 0 Å². The van der Waals surface area contributed by atoms with E-state index >= 15 is 0 Å². The lowest BCUT2D eigenvalue weighted by molar-refractivity contribution is -0.117. The zero-order chi connectivity index (χ0) is 14.9. The lowest BCUT2D eigenvalue weighted by Gasteiger charge is -2.09. The van der Waals surface area contributed by atoms with Crippen LogP contribution in [0.2, 0.25) is 0 Å². The van der Waals surface area contributed by atoms with Gasteiger partial charge >= 0.3 is 0 Å². The fourth-order valence-electron chi connectivity index (χ4n) is 2.29. The number of thiol groups is 1. The van der Waals surface area contributed by atoms with Gasteiger partial charge in [0.25, 0.3) is 0 Å². The number of carbonyl (C=O) groups is 1. The topological polar surface area (TPSA) is 51.2 Å². The highest BCUT2D eigenvalue weighted by Gasteiger charge is 2.42. The van der Waals surface area contributed by atoms with Crippen LogP contribution in [-0.2, 0) is 4.79 Å². The fraction of sp³-hybridized carbons (Fsp3) is 0.467. The second kappa shape index (κ2) is 5.85. The maximum atomic E-state index is 12.1. The summed E-state index contributed by atoms with van der Waals surface area (Å²) in [5.74, 6) is 1.64. The zero-order valence-electron chi connectivity index (χ0n) is 11.9. The normalized spacial score (nSPS) is 15.9. The van der Waals surface area contributed by atoms with E-state index in [4.69, 9.17) is 4.74 Å². The van der Waals surface area contributed by atoms with Gasteiger partial charge in [-0.1, -0.05) is 11.3 Å². The van der Waals surface area contributed by atoms with E-state index in [0.29, 0.717) is 18.2 Å². The van der Waals surface area contributed by atoms with Crippen molar-refractivity contribution < 1.29 is 9.53 Å². The Hall–Kier alpha value is -1.27. The van der Waals surface area contributed by atoms with Gasteiger partial charge in [-0.15, -0.1) is 0 Å². The zero-order valence-corrected chi connectivity index (χ0v) is 13.6. The van der Waals surface area contributed by atoms with Gasteiger partial charge in [0.2, 0.25) is 5.91 Å². The SMILES string of the molecule is CCOc1ccc2nc(NC(=O)CC3(CS)CC3)sc2c1. The molecule has 1 heterocycles. The molecular weight excluding hydrogens is 304 g/mol. The number of anilines is 1. The molecule has 6 heteroatoms. The number of fused-ring (bicyclic) bond motifs is 1. The van der Waals surface area contributed by atoms with Crippen molar-refractivity contribution in [3.8, 4) is 5.75 Å². The summed E-state index contributed by atoms with van der Waals surface area (Å²) >= 11 is 5.81. The minimum absolute atomic E-state index is 0.0330. The molecule has 1 amide bonds. The molecule has 1 fully saturated rings. The molecule has 1 aliphatic carbocycles. The number of benzene rings is 1. The Labute approximate surface area is 133 Å². The molecule has 1 N–H and O–H groups in total. The first-order valence-corrected chi connectivity index (χ1v) is 8.53. The monoisotopic (exact) mass is 322 g/mol. The number of amides is 1. The third-order valence-corrected chi connectivity index (χ3v) is 5.35. The van der Waals surface area contributed by atoms with Gasteiger partial charge in [0.15, 0.2) is 5.13 Å². The van der Waals surface area contributed by atoms with E-state index in [1.54, 1.807) is 0 Å². The van der Waals surface area contributed by atoms with Crippen LogP contribution in [0.4, 0.5) is 5.13 Å². The maximum absolute atomic E-state index is 12.1. The minimum Gasteiger partial charge on any atom is -0.494 e. The number of thiazole rings is 1. The summed E-state index contributed by atoms with van der Waals surface area (Å²) in [6, 6.07) is 5.78. The Morgan fingerprint density at radius 1 is 1.52 bits per heavy atom. The van der Waals surface area contributed by atoms with Gasteiger partial charge in [0.1, 0.15) is 5.75 Å². The molecular formula is C15H18N2O2S2. The molecule has 0 saturated heterocycles. The van der Waals surface area contributed by atoms with Gasteiger partial charge < -0.3 is 10.1 Å². The van der Waals surface area contributed by atoms with Crippen LogP contribution in [0, 0.1) is 5.41 Å². The van der Waals surface area contributed by atoms with Crippen molar-refractivity contribution in [2.75, 3.05) is 17.7 Å². The number of nitrogens with zero attached hydrogens (tertiary/aromatic N) is 1. The maximum Gasteiger partial charge on any atom is 0.226 e. The van der Waals surface area contributed by atoms with Crippen LogP contribution in [0.1, 0.15) is 26.2 Å². The van der Waals surface area contributed by atoms with Crippen molar-refractivity contribution >= 4 is 45.2 Å².